The monoisotopic (exact) mass is 205 g/mol. The Hall–Kier alpha value is -1.33. The van der Waals surface area contributed by atoms with Gasteiger partial charge < -0.3 is 5.32 Å². The summed E-state index contributed by atoms with van der Waals surface area (Å²) in [6.45, 7) is 4.68. The minimum absolute atomic E-state index is 0.166. The van der Waals surface area contributed by atoms with E-state index in [1.807, 2.05) is 19.9 Å². The van der Waals surface area contributed by atoms with E-state index in [9.17, 15) is 4.39 Å². The molecule has 0 amide bonds. The maximum Gasteiger partial charge on any atom is 0.123 e. The lowest BCUT2D eigenvalue weighted by Crippen LogP contribution is -2.19. The van der Waals surface area contributed by atoms with Crippen molar-refractivity contribution < 1.29 is 4.39 Å². The van der Waals surface area contributed by atoms with Crippen molar-refractivity contribution in [2.75, 3.05) is 6.54 Å². The molecule has 0 aliphatic heterocycles. The van der Waals surface area contributed by atoms with E-state index in [0.29, 0.717) is 0 Å². The van der Waals surface area contributed by atoms with E-state index in [-0.39, 0.29) is 11.9 Å². The summed E-state index contributed by atoms with van der Waals surface area (Å²) in [5, 5.41) is 3.29. The van der Waals surface area contributed by atoms with Crippen molar-refractivity contribution in [3.8, 4) is 11.8 Å². The molecule has 1 aromatic rings. The molecule has 1 N–H and O–H groups in total. The second-order valence-corrected chi connectivity index (χ2v) is 3.41. The van der Waals surface area contributed by atoms with Crippen LogP contribution < -0.4 is 5.32 Å². The summed E-state index contributed by atoms with van der Waals surface area (Å²) >= 11 is 0. The minimum Gasteiger partial charge on any atom is -0.309 e. The summed E-state index contributed by atoms with van der Waals surface area (Å²) < 4.78 is 12.9. The van der Waals surface area contributed by atoms with Gasteiger partial charge >= 0.3 is 0 Å². The number of hydrogen-bond donors (Lipinski definition) is 1. The molecule has 80 valence electrons. The highest BCUT2D eigenvalue weighted by atomic mass is 19.1. The molecule has 15 heavy (non-hydrogen) atoms. The van der Waals surface area contributed by atoms with Gasteiger partial charge in [-0.05, 0) is 31.5 Å². The molecule has 0 aromatic heterocycles. The van der Waals surface area contributed by atoms with Crippen LogP contribution in [0.1, 0.15) is 31.9 Å². The first kappa shape index (κ1) is 11.7. The second kappa shape index (κ2) is 6.21. The molecular formula is C13H16FN. The quantitative estimate of drug-likeness (QED) is 0.588. The first-order valence-corrected chi connectivity index (χ1v) is 5.12. The maximum absolute atomic E-state index is 12.9. The van der Waals surface area contributed by atoms with Crippen LogP contribution in [0.5, 0.6) is 0 Å². The van der Waals surface area contributed by atoms with Crippen LogP contribution in [0.25, 0.3) is 0 Å². The first-order chi connectivity index (χ1) is 7.24. The van der Waals surface area contributed by atoms with Gasteiger partial charge in [-0.15, -0.1) is 11.8 Å². The first-order valence-electron chi connectivity index (χ1n) is 5.12. The summed E-state index contributed by atoms with van der Waals surface area (Å²) in [5.74, 6) is 5.63. The van der Waals surface area contributed by atoms with Gasteiger partial charge in [-0.25, -0.2) is 4.39 Å². The standard InChI is InChI=1S/C13H16FN/c1-3-4-5-9-15-11(2)12-7-6-8-13(14)10-12/h6-8,10-11,15H,5,9H2,1-2H3/t11-/m0/s1. The maximum atomic E-state index is 12.9. The third kappa shape index (κ3) is 4.14. The molecule has 0 spiro atoms. The summed E-state index contributed by atoms with van der Waals surface area (Å²) in [6, 6.07) is 6.84. The van der Waals surface area contributed by atoms with Crippen molar-refractivity contribution in [2.45, 2.75) is 26.3 Å². The average molecular weight is 205 g/mol. The number of benzene rings is 1. The van der Waals surface area contributed by atoms with E-state index < -0.39 is 0 Å². The predicted octanol–water partition coefficient (Wildman–Crippen LogP) is 2.89. The van der Waals surface area contributed by atoms with Gasteiger partial charge in [0.05, 0.1) is 0 Å². The van der Waals surface area contributed by atoms with Crippen LogP contribution in [0.3, 0.4) is 0 Å². The van der Waals surface area contributed by atoms with Gasteiger partial charge in [-0.2, -0.15) is 0 Å². The number of hydrogen-bond acceptors (Lipinski definition) is 1. The molecule has 0 unspecified atom stereocenters. The number of nitrogens with one attached hydrogen (secondary N) is 1. The fourth-order valence-corrected chi connectivity index (χ4v) is 1.37. The largest absolute Gasteiger partial charge is 0.309 e. The Labute approximate surface area is 90.7 Å². The highest BCUT2D eigenvalue weighted by Crippen LogP contribution is 2.12. The Morgan fingerprint density at radius 2 is 2.27 bits per heavy atom. The average Bonchev–Trinajstić information content (AvgIpc) is 2.24. The summed E-state index contributed by atoms with van der Waals surface area (Å²) in [5.41, 5.74) is 0.972. The lowest BCUT2D eigenvalue weighted by atomic mass is 10.1. The van der Waals surface area contributed by atoms with Crippen LogP contribution >= 0.6 is 0 Å². The van der Waals surface area contributed by atoms with Gasteiger partial charge in [-0.1, -0.05) is 12.1 Å². The van der Waals surface area contributed by atoms with E-state index in [1.165, 1.54) is 6.07 Å². The molecule has 2 heteroatoms. The lowest BCUT2D eigenvalue weighted by Gasteiger charge is -2.13. The fraction of sp³-hybridized carbons (Fsp3) is 0.385. The second-order valence-electron chi connectivity index (χ2n) is 3.41. The third-order valence-corrected chi connectivity index (χ3v) is 2.23. The van der Waals surface area contributed by atoms with Crippen molar-refractivity contribution in [1.82, 2.24) is 5.32 Å². The number of halogens is 1. The SMILES string of the molecule is CC#CCCN[C@@H](C)c1cccc(F)c1. The van der Waals surface area contributed by atoms with Gasteiger partial charge in [-0.3, -0.25) is 0 Å². The van der Waals surface area contributed by atoms with Gasteiger partial charge in [0.15, 0.2) is 0 Å². The molecule has 1 rings (SSSR count). The normalized spacial score (nSPS) is 11.7. The van der Waals surface area contributed by atoms with E-state index in [2.05, 4.69) is 17.2 Å². The molecule has 0 fully saturated rings. The lowest BCUT2D eigenvalue weighted by molar-refractivity contribution is 0.573. The van der Waals surface area contributed by atoms with E-state index in [0.717, 1.165) is 18.5 Å². The van der Waals surface area contributed by atoms with Crippen molar-refractivity contribution >= 4 is 0 Å². The Kier molecular flexibility index (Phi) is 4.86. The topological polar surface area (TPSA) is 12.0 Å². The Morgan fingerprint density at radius 3 is 2.93 bits per heavy atom. The van der Waals surface area contributed by atoms with E-state index in [1.54, 1.807) is 12.1 Å². The van der Waals surface area contributed by atoms with Gasteiger partial charge in [0.25, 0.3) is 0 Å². The van der Waals surface area contributed by atoms with Gasteiger partial charge in [0.1, 0.15) is 5.82 Å². The molecular weight excluding hydrogens is 189 g/mol. The van der Waals surface area contributed by atoms with Crippen molar-refractivity contribution in [3.05, 3.63) is 35.6 Å². The zero-order valence-corrected chi connectivity index (χ0v) is 9.18. The zero-order chi connectivity index (χ0) is 11.1. The highest BCUT2D eigenvalue weighted by Gasteiger charge is 2.04. The van der Waals surface area contributed by atoms with Gasteiger partial charge in [0, 0.05) is 19.0 Å². The van der Waals surface area contributed by atoms with Gasteiger partial charge in [0.2, 0.25) is 0 Å². The van der Waals surface area contributed by atoms with Crippen LogP contribution in [0, 0.1) is 17.7 Å². The van der Waals surface area contributed by atoms with Crippen molar-refractivity contribution in [1.29, 1.82) is 0 Å². The molecule has 0 aliphatic carbocycles. The van der Waals surface area contributed by atoms with Crippen LogP contribution in [-0.4, -0.2) is 6.54 Å². The Balaban J connectivity index is 2.45. The fourth-order valence-electron chi connectivity index (χ4n) is 1.37. The molecule has 0 heterocycles. The Bertz CT molecular complexity index is 362. The van der Waals surface area contributed by atoms with Crippen LogP contribution in [0.4, 0.5) is 4.39 Å². The smallest absolute Gasteiger partial charge is 0.123 e. The summed E-state index contributed by atoms with van der Waals surface area (Å²) in [6.07, 6.45) is 0.830. The van der Waals surface area contributed by atoms with E-state index in [4.69, 9.17) is 0 Å². The van der Waals surface area contributed by atoms with Crippen LogP contribution in [0.15, 0.2) is 24.3 Å². The third-order valence-electron chi connectivity index (χ3n) is 2.23. The Morgan fingerprint density at radius 1 is 1.47 bits per heavy atom. The minimum atomic E-state index is -0.186. The molecule has 1 nitrogen and oxygen atoms in total. The highest BCUT2D eigenvalue weighted by molar-refractivity contribution is 5.19. The molecule has 1 atom stereocenters. The van der Waals surface area contributed by atoms with Crippen molar-refractivity contribution in [3.63, 3.8) is 0 Å². The summed E-state index contributed by atoms with van der Waals surface area (Å²) in [4.78, 5) is 0. The predicted molar refractivity (Wildman–Crippen MR) is 60.9 cm³/mol. The molecule has 0 saturated heterocycles. The molecule has 0 saturated carbocycles. The molecule has 0 radical (unpaired) electrons. The van der Waals surface area contributed by atoms with Crippen LogP contribution in [0.2, 0.25) is 0 Å². The zero-order valence-electron chi connectivity index (χ0n) is 9.18. The molecule has 1 aromatic carbocycles. The van der Waals surface area contributed by atoms with E-state index >= 15 is 0 Å². The summed E-state index contributed by atoms with van der Waals surface area (Å²) in [7, 11) is 0. The van der Waals surface area contributed by atoms with Crippen LogP contribution in [-0.2, 0) is 0 Å². The molecule has 0 aliphatic rings. The number of rotatable bonds is 4. The molecule has 0 bridgehead atoms. The van der Waals surface area contributed by atoms with Crippen molar-refractivity contribution in [2.24, 2.45) is 0 Å².